The summed E-state index contributed by atoms with van der Waals surface area (Å²) < 4.78 is 6.14. The van der Waals surface area contributed by atoms with Crippen LogP contribution in [0.25, 0.3) is 22.3 Å². The summed E-state index contributed by atoms with van der Waals surface area (Å²) in [6.07, 6.45) is 5.14. The van der Waals surface area contributed by atoms with Crippen molar-refractivity contribution in [3.05, 3.63) is 42.5 Å². The largest absolute Gasteiger partial charge is 0.492 e. The first-order valence-electron chi connectivity index (χ1n) is 15.0. The van der Waals surface area contributed by atoms with Crippen molar-refractivity contribution in [2.24, 2.45) is 5.92 Å². The molecule has 2 aliphatic heterocycles. The van der Waals surface area contributed by atoms with Crippen LogP contribution in [0.4, 0.5) is 11.5 Å². The molecule has 10 heteroatoms. The number of hydrogen-bond acceptors (Lipinski definition) is 9. The number of ether oxygens (including phenoxy) is 1. The van der Waals surface area contributed by atoms with Crippen molar-refractivity contribution in [1.29, 1.82) is 0 Å². The Morgan fingerprint density at radius 2 is 2.10 bits per heavy atom. The van der Waals surface area contributed by atoms with Crippen LogP contribution < -0.4 is 26.2 Å². The molecule has 0 bridgehead atoms. The van der Waals surface area contributed by atoms with Crippen molar-refractivity contribution in [2.75, 3.05) is 43.4 Å². The number of carbonyl (C=O) groups excluding carboxylic acids is 1. The van der Waals surface area contributed by atoms with Crippen molar-refractivity contribution >= 4 is 28.3 Å². The third kappa shape index (κ3) is 6.78. The molecule has 2 aromatic carbocycles. The average Bonchev–Trinajstić information content (AvgIpc) is 3.61. The lowest BCUT2D eigenvalue weighted by Gasteiger charge is -2.31. The Bertz CT molecular complexity index is 1370. The number of benzene rings is 2. The van der Waals surface area contributed by atoms with Crippen LogP contribution in [0.15, 0.2) is 42.5 Å². The minimum absolute atomic E-state index is 0.00590. The summed E-state index contributed by atoms with van der Waals surface area (Å²) in [4.78, 5) is 24.4. The number of rotatable bonds is 10. The van der Waals surface area contributed by atoms with Crippen LogP contribution in [0.1, 0.15) is 45.4 Å². The van der Waals surface area contributed by atoms with Crippen LogP contribution in [0.3, 0.4) is 0 Å². The lowest BCUT2D eigenvalue weighted by molar-refractivity contribution is -0.116. The third-order valence-electron chi connectivity index (χ3n) is 8.45. The summed E-state index contributed by atoms with van der Waals surface area (Å²) >= 11 is 0. The zero-order chi connectivity index (χ0) is 28.2. The second-order valence-electron chi connectivity index (χ2n) is 11.6. The summed E-state index contributed by atoms with van der Waals surface area (Å²) in [5.74, 6) is 2.81. The van der Waals surface area contributed by atoms with Gasteiger partial charge >= 0.3 is 0 Å². The summed E-state index contributed by atoms with van der Waals surface area (Å²) in [5.41, 5.74) is 9.16. The number of hydrazine groups is 1. The van der Waals surface area contributed by atoms with Crippen molar-refractivity contribution < 1.29 is 14.6 Å². The maximum Gasteiger partial charge on any atom is 0.224 e. The molecule has 3 heterocycles. The first-order chi connectivity index (χ1) is 20.0. The number of aliphatic hydroxyl groups is 1. The Kier molecular flexibility index (Phi) is 8.62. The van der Waals surface area contributed by atoms with Gasteiger partial charge in [-0.3, -0.25) is 20.5 Å². The van der Waals surface area contributed by atoms with Crippen LogP contribution in [0.5, 0.6) is 5.75 Å². The molecule has 0 spiro atoms. The van der Waals surface area contributed by atoms with Gasteiger partial charge in [-0.1, -0.05) is 19.1 Å². The summed E-state index contributed by atoms with van der Waals surface area (Å²) in [7, 11) is 0. The van der Waals surface area contributed by atoms with Gasteiger partial charge in [0.15, 0.2) is 5.82 Å². The highest BCUT2D eigenvalue weighted by molar-refractivity contribution is 5.93. The molecule has 6 rings (SSSR count). The third-order valence-corrected chi connectivity index (χ3v) is 8.45. The van der Waals surface area contributed by atoms with E-state index in [1.54, 1.807) is 0 Å². The van der Waals surface area contributed by atoms with E-state index in [0.717, 1.165) is 85.5 Å². The van der Waals surface area contributed by atoms with Gasteiger partial charge in [0.05, 0.1) is 11.6 Å². The Labute approximate surface area is 241 Å². The predicted molar refractivity (Wildman–Crippen MR) is 161 cm³/mol. The van der Waals surface area contributed by atoms with Gasteiger partial charge in [-0.15, -0.1) is 0 Å². The Morgan fingerprint density at radius 1 is 1.17 bits per heavy atom. The molecule has 1 aliphatic carbocycles. The molecule has 3 fully saturated rings. The number of carbonyl (C=O) groups is 1. The van der Waals surface area contributed by atoms with E-state index in [2.05, 4.69) is 26.4 Å². The molecule has 4 unspecified atom stereocenters. The molecule has 41 heavy (non-hydrogen) atoms. The number of fused-ring (bicyclic) bond motifs is 2. The smallest absolute Gasteiger partial charge is 0.224 e. The number of likely N-dealkylation sites (tertiary alicyclic amines) is 1. The van der Waals surface area contributed by atoms with Crippen molar-refractivity contribution in [3.8, 4) is 17.1 Å². The standard InChI is InChI=1S/C31H41N7O3/c1-2-4-29(40)33-22-6-3-5-20(15-22)30-35-28-10-8-25(41-14-13-38-12-11-24(39)19-38)17-26(28)31(36-30)34-23-7-9-27-21(16-23)18-32-37-27/h3,5-6,8,10,15,17,21,23-24,27,32,37,39H,2,4,7,9,11-14,16,18-19H2,1H3,(H,33,40)(H,34,35,36). The van der Waals surface area contributed by atoms with E-state index in [1.807, 2.05) is 49.4 Å². The SMILES string of the molecule is CCCC(=O)Nc1cccc(-c2nc(NC3CCC4NNCC4C3)c3cc(OCCN4CCC(O)C4)ccc3n2)c1. The topological polar surface area (TPSA) is 124 Å². The highest BCUT2D eigenvalue weighted by atomic mass is 16.5. The molecule has 1 amide bonds. The van der Waals surface area contributed by atoms with E-state index in [0.29, 0.717) is 43.4 Å². The number of aromatic nitrogens is 2. The monoisotopic (exact) mass is 559 g/mol. The van der Waals surface area contributed by atoms with Crippen LogP contribution in [0.2, 0.25) is 0 Å². The number of hydrogen-bond donors (Lipinski definition) is 5. The van der Waals surface area contributed by atoms with Gasteiger partial charge in [0.1, 0.15) is 18.2 Å². The molecule has 1 saturated carbocycles. The zero-order valence-corrected chi connectivity index (χ0v) is 23.7. The van der Waals surface area contributed by atoms with Gasteiger partial charge in [-0.2, -0.15) is 0 Å². The summed E-state index contributed by atoms with van der Waals surface area (Å²) in [5, 5.41) is 17.5. The molecule has 3 aromatic rings. The predicted octanol–water partition coefficient (Wildman–Crippen LogP) is 3.54. The second kappa shape index (κ2) is 12.7. The summed E-state index contributed by atoms with van der Waals surface area (Å²) in [6, 6.07) is 14.6. The van der Waals surface area contributed by atoms with E-state index >= 15 is 0 Å². The van der Waals surface area contributed by atoms with Crippen LogP contribution in [0, 0.1) is 5.92 Å². The molecule has 0 radical (unpaired) electrons. The number of amides is 1. The van der Waals surface area contributed by atoms with Gasteiger partial charge in [-0.05, 0) is 68.4 Å². The highest BCUT2D eigenvalue weighted by Crippen LogP contribution is 2.33. The van der Waals surface area contributed by atoms with Gasteiger partial charge in [0.25, 0.3) is 0 Å². The Hall–Kier alpha value is -3.31. The van der Waals surface area contributed by atoms with Crippen molar-refractivity contribution in [2.45, 2.75) is 63.6 Å². The minimum Gasteiger partial charge on any atom is -0.492 e. The van der Waals surface area contributed by atoms with E-state index in [4.69, 9.17) is 14.7 Å². The normalized spacial score (nSPS) is 24.3. The molecule has 218 valence electrons. The second-order valence-corrected chi connectivity index (χ2v) is 11.6. The zero-order valence-electron chi connectivity index (χ0n) is 23.7. The van der Waals surface area contributed by atoms with E-state index in [-0.39, 0.29) is 12.0 Å². The fourth-order valence-electron chi connectivity index (χ4n) is 6.26. The van der Waals surface area contributed by atoms with Crippen molar-refractivity contribution in [1.82, 2.24) is 25.7 Å². The van der Waals surface area contributed by atoms with Crippen LogP contribution in [-0.2, 0) is 4.79 Å². The number of nitrogens with one attached hydrogen (secondary N) is 4. The number of β-amino-alcohol motifs (C(OH)–C–C–N with tert-alkyl or cyclic N) is 1. The minimum atomic E-state index is -0.227. The molecule has 2 saturated heterocycles. The molecule has 5 N–H and O–H groups in total. The van der Waals surface area contributed by atoms with Gasteiger partial charge in [0.2, 0.25) is 5.91 Å². The lowest BCUT2D eigenvalue weighted by Crippen LogP contribution is -2.39. The summed E-state index contributed by atoms with van der Waals surface area (Å²) in [6.45, 7) is 5.94. The number of anilines is 2. The molecule has 4 atom stereocenters. The van der Waals surface area contributed by atoms with Gasteiger partial charge in [0, 0.05) is 61.3 Å². The van der Waals surface area contributed by atoms with Gasteiger partial charge in [-0.25, -0.2) is 9.97 Å². The maximum atomic E-state index is 12.2. The molecule has 1 aromatic heterocycles. The Morgan fingerprint density at radius 3 is 2.95 bits per heavy atom. The molecule has 3 aliphatic rings. The average molecular weight is 560 g/mol. The van der Waals surface area contributed by atoms with Crippen LogP contribution in [-0.4, -0.2) is 76.9 Å². The van der Waals surface area contributed by atoms with Crippen LogP contribution >= 0.6 is 0 Å². The molecule has 10 nitrogen and oxygen atoms in total. The number of nitrogens with zero attached hydrogens (tertiary/aromatic N) is 3. The lowest BCUT2D eigenvalue weighted by atomic mass is 9.83. The van der Waals surface area contributed by atoms with Crippen molar-refractivity contribution in [3.63, 3.8) is 0 Å². The molecular formula is C31H41N7O3. The van der Waals surface area contributed by atoms with E-state index < -0.39 is 0 Å². The highest BCUT2D eigenvalue weighted by Gasteiger charge is 2.34. The quantitative estimate of drug-likeness (QED) is 0.254. The Balaban J connectivity index is 1.26. The fourth-order valence-corrected chi connectivity index (χ4v) is 6.26. The van der Waals surface area contributed by atoms with E-state index in [9.17, 15) is 9.90 Å². The maximum absolute atomic E-state index is 12.2. The first-order valence-corrected chi connectivity index (χ1v) is 15.0. The van der Waals surface area contributed by atoms with E-state index in [1.165, 1.54) is 0 Å². The molecular weight excluding hydrogens is 518 g/mol. The number of aliphatic hydroxyl groups excluding tert-OH is 1. The fraction of sp³-hybridized carbons (Fsp3) is 0.516. The van der Waals surface area contributed by atoms with Gasteiger partial charge < -0.3 is 20.5 Å². The first kappa shape index (κ1) is 27.8.